The van der Waals surface area contributed by atoms with E-state index < -0.39 is 87.0 Å². The van der Waals surface area contributed by atoms with E-state index in [-0.39, 0.29) is 0 Å². The van der Waals surface area contributed by atoms with Gasteiger partial charge in [-0.05, 0) is 0 Å². The largest absolute Gasteiger partial charge is 0.480 e. The first-order valence-electron chi connectivity index (χ1n) is 7.82. The molecular weight excluding hydrogens is 440 g/mol. The van der Waals surface area contributed by atoms with E-state index in [4.69, 9.17) is 35.4 Å². The van der Waals surface area contributed by atoms with Gasteiger partial charge in [0.1, 0.15) is 13.2 Å². The average Bonchev–Trinajstić information content (AvgIpc) is 2.64. The van der Waals surface area contributed by atoms with Crippen molar-refractivity contribution in [3.8, 4) is 0 Å². The van der Waals surface area contributed by atoms with Crippen LogP contribution in [0.2, 0.25) is 0 Å². The van der Waals surface area contributed by atoms with E-state index in [2.05, 4.69) is 18.9 Å². The van der Waals surface area contributed by atoms with Crippen molar-refractivity contribution in [2.24, 2.45) is 0 Å². The topological polar surface area (TPSA) is 270 Å². The second-order valence-electron chi connectivity index (χ2n) is 5.13. The van der Waals surface area contributed by atoms with Gasteiger partial charge >= 0.3 is 47.4 Å². The fourth-order valence-electron chi connectivity index (χ4n) is 1.68. The van der Waals surface area contributed by atoms with E-state index in [0.29, 0.717) is 0 Å². The minimum atomic E-state index is -3.34. The van der Waals surface area contributed by atoms with Crippen LogP contribution >= 0.6 is 0 Å². The molecule has 0 radical (unpaired) electrons. The molecule has 0 saturated carbocycles. The Labute approximate surface area is 171 Å². The molecule has 0 aliphatic rings. The molecule has 0 heterocycles. The van der Waals surface area contributed by atoms with Gasteiger partial charge < -0.3 is 54.3 Å². The van der Waals surface area contributed by atoms with Gasteiger partial charge in [-0.25, -0.2) is 28.8 Å². The first-order chi connectivity index (χ1) is 14.3. The van der Waals surface area contributed by atoms with Crippen molar-refractivity contribution in [3.63, 3.8) is 0 Å². The maximum Gasteiger partial charge on any atom is 0.377 e. The van der Waals surface area contributed by atoms with Gasteiger partial charge in [0.2, 0.25) is 0 Å². The van der Waals surface area contributed by atoms with Crippen LogP contribution in [0.4, 0.5) is 0 Å². The van der Waals surface area contributed by atoms with Crippen LogP contribution in [0, 0.1) is 0 Å². The lowest BCUT2D eigenvalue weighted by molar-refractivity contribution is -0.253. The Morgan fingerprint density at radius 3 is 1.00 bits per heavy atom. The average molecular weight is 458 g/mol. The molecule has 0 bridgehead atoms. The quantitative estimate of drug-likeness (QED) is 0.0676. The maximum atomic E-state index is 11.1. The summed E-state index contributed by atoms with van der Waals surface area (Å²) in [5, 5.41) is 52.9. The molecule has 0 unspecified atom stereocenters. The Kier molecular flexibility index (Phi) is 11.0. The molecule has 0 aliphatic carbocycles. The predicted octanol–water partition coefficient (Wildman–Crippen LogP) is -3.03. The van der Waals surface area contributed by atoms with Crippen molar-refractivity contribution < 1.29 is 83.1 Å². The Morgan fingerprint density at radius 2 is 0.774 bits per heavy atom. The summed E-state index contributed by atoms with van der Waals surface area (Å²) in [6.07, 6.45) is 0. The monoisotopic (exact) mass is 458 g/mol. The predicted molar refractivity (Wildman–Crippen MR) is 85.9 cm³/mol. The number of aliphatic carboxylic acids is 6. The summed E-state index contributed by atoms with van der Waals surface area (Å²) in [5.41, 5.74) is 0. The fourth-order valence-corrected chi connectivity index (χ4v) is 1.68. The lowest BCUT2D eigenvalue weighted by atomic mass is 10.3. The first-order valence-corrected chi connectivity index (χ1v) is 7.82. The van der Waals surface area contributed by atoms with E-state index >= 15 is 0 Å². The molecule has 0 rings (SSSR count). The molecule has 0 aromatic rings. The zero-order chi connectivity index (χ0) is 24.2. The number of ether oxygens (including phenoxy) is 5. The highest BCUT2D eigenvalue weighted by molar-refractivity contribution is 6.00. The van der Waals surface area contributed by atoms with Crippen LogP contribution in [-0.2, 0) is 52.5 Å². The van der Waals surface area contributed by atoms with Crippen LogP contribution in [0.3, 0.4) is 0 Å². The van der Waals surface area contributed by atoms with Gasteiger partial charge in [-0.3, -0.25) is 0 Å². The molecule has 0 atom stereocenters. The summed E-state index contributed by atoms with van der Waals surface area (Å²) in [7, 11) is 0. The Balaban J connectivity index is 4.73. The highest BCUT2D eigenvalue weighted by atomic mass is 16.7. The van der Waals surface area contributed by atoms with Crippen molar-refractivity contribution >= 4 is 35.8 Å². The molecular formula is C14H18O17. The first kappa shape index (κ1) is 27.6. The highest BCUT2D eigenvalue weighted by Crippen LogP contribution is 2.16. The van der Waals surface area contributed by atoms with Crippen molar-refractivity contribution in [1.82, 2.24) is 0 Å². The zero-order valence-electron chi connectivity index (χ0n) is 15.4. The van der Waals surface area contributed by atoms with Gasteiger partial charge in [0.05, 0.1) is 26.4 Å². The molecule has 0 amide bonds. The Morgan fingerprint density at radius 1 is 0.484 bits per heavy atom. The highest BCUT2D eigenvalue weighted by Gasteiger charge is 2.51. The van der Waals surface area contributed by atoms with Crippen molar-refractivity contribution in [3.05, 3.63) is 0 Å². The summed E-state index contributed by atoms with van der Waals surface area (Å²) < 4.78 is 22.5. The summed E-state index contributed by atoms with van der Waals surface area (Å²) in [6.45, 7) is -5.25. The summed E-state index contributed by atoms with van der Waals surface area (Å²) in [5.74, 6) is -18.7. The number of carboxylic acids is 6. The molecule has 31 heavy (non-hydrogen) atoms. The molecule has 0 saturated heterocycles. The molecule has 0 fully saturated rings. The van der Waals surface area contributed by atoms with Gasteiger partial charge in [0.15, 0.2) is 0 Å². The minimum absolute atomic E-state index is 0.550. The molecule has 17 heteroatoms. The van der Waals surface area contributed by atoms with E-state index in [1.165, 1.54) is 0 Å². The van der Waals surface area contributed by atoms with Crippen LogP contribution in [0.5, 0.6) is 0 Å². The van der Waals surface area contributed by atoms with Gasteiger partial charge in [-0.2, -0.15) is 0 Å². The smallest absolute Gasteiger partial charge is 0.377 e. The van der Waals surface area contributed by atoms with Crippen molar-refractivity contribution in [2.75, 3.05) is 39.6 Å². The molecule has 0 spiro atoms. The molecule has 176 valence electrons. The van der Waals surface area contributed by atoms with Gasteiger partial charge in [-0.1, -0.05) is 0 Å². The summed E-state index contributed by atoms with van der Waals surface area (Å²) >= 11 is 0. The third kappa shape index (κ3) is 8.10. The standard InChI is InChI=1S/C14H18O17/c15-7(16)5-30-13(9(19)20,10(21)22)28-3-1-27-2-4-29-14(11(23)24,12(25)26)31-6-8(17)18/h1-6H2,(H,15,16)(H,17,18)(H,19,20)(H,21,22)(H,23,24)(H,25,26). The number of rotatable bonds is 18. The van der Waals surface area contributed by atoms with Crippen molar-refractivity contribution in [1.29, 1.82) is 0 Å². The lowest BCUT2D eigenvalue weighted by Gasteiger charge is -2.25. The van der Waals surface area contributed by atoms with E-state index in [1.807, 2.05) is 0 Å². The maximum absolute atomic E-state index is 11.1. The number of carbonyl (C=O) groups is 6. The number of hydrogen-bond acceptors (Lipinski definition) is 11. The fraction of sp³-hybridized carbons (Fsp3) is 0.571. The van der Waals surface area contributed by atoms with Gasteiger partial charge in [0.25, 0.3) is 0 Å². The second kappa shape index (κ2) is 12.3. The summed E-state index contributed by atoms with van der Waals surface area (Å²) in [4.78, 5) is 65.5. The molecule has 0 aromatic carbocycles. The van der Waals surface area contributed by atoms with Gasteiger partial charge in [-0.15, -0.1) is 0 Å². The van der Waals surface area contributed by atoms with Crippen LogP contribution < -0.4 is 0 Å². The minimum Gasteiger partial charge on any atom is -0.480 e. The van der Waals surface area contributed by atoms with Crippen LogP contribution in [0.15, 0.2) is 0 Å². The van der Waals surface area contributed by atoms with Crippen LogP contribution in [-0.4, -0.2) is 118 Å². The molecule has 0 aromatic heterocycles. The van der Waals surface area contributed by atoms with Gasteiger partial charge in [0, 0.05) is 0 Å². The Hall–Kier alpha value is -3.38. The Bertz CT molecular complexity index is 611. The van der Waals surface area contributed by atoms with E-state index in [0.717, 1.165) is 0 Å². The third-order valence-corrected chi connectivity index (χ3v) is 2.99. The molecule has 6 N–H and O–H groups in total. The van der Waals surface area contributed by atoms with E-state index in [1.54, 1.807) is 0 Å². The lowest BCUT2D eigenvalue weighted by Crippen LogP contribution is -2.53. The number of carboxylic acid groups (broad SMARTS) is 6. The number of hydrogen-bond donors (Lipinski definition) is 6. The third-order valence-electron chi connectivity index (χ3n) is 2.99. The van der Waals surface area contributed by atoms with Crippen LogP contribution in [0.25, 0.3) is 0 Å². The van der Waals surface area contributed by atoms with Crippen molar-refractivity contribution in [2.45, 2.75) is 11.6 Å². The zero-order valence-corrected chi connectivity index (χ0v) is 15.4. The molecule has 17 nitrogen and oxygen atoms in total. The second-order valence-corrected chi connectivity index (χ2v) is 5.13. The normalized spacial score (nSPS) is 11.6. The van der Waals surface area contributed by atoms with Crippen LogP contribution in [0.1, 0.15) is 0 Å². The summed E-state index contributed by atoms with van der Waals surface area (Å²) in [6, 6.07) is 0. The SMILES string of the molecule is O=C(O)COC(OCCOCCOC(OCC(=O)O)(C(=O)O)C(=O)O)(C(=O)O)C(=O)O. The van der Waals surface area contributed by atoms with E-state index in [9.17, 15) is 28.8 Å². The molecule has 0 aliphatic heterocycles.